The van der Waals surface area contributed by atoms with Gasteiger partial charge in [0.05, 0.1) is 6.54 Å². The second kappa shape index (κ2) is 7.17. The van der Waals surface area contributed by atoms with Crippen LogP contribution >= 0.6 is 0 Å². The van der Waals surface area contributed by atoms with Crippen LogP contribution in [0, 0.1) is 0 Å². The lowest BCUT2D eigenvalue weighted by molar-refractivity contribution is 0.704. The predicted octanol–water partition coefficient (Wildman–Crippen LogP) is 2.09. The van der Waals surface area contributed by atoms with Gasteiger partial charge in [-0.15, -0.1) is 10.2 Å². The molecule has 4 aromatic rings. The van der Waals surface area contributed by atoms with Crippen molar-refractivity contribution >= 4 is 23.3 Å². The van der Waals surface area contributed by atoms with Gasteiger partial charge in [-0.05, 0) is 17.2 Å². The molecule has 0 fully saturated rings. The molecule has 0 aliphatic carbocycles. The quantitative estimate of drug-likeness (QED) is 0.604. The van der Waals surface area contributed by atoms with Crippen LogP contribution in [0.15, 0.2) is 70.3 Å². The summed E-state index contributed by atoms with van der Waals surface area (Å²) in [6, 6.07) is 18.9. The Morgan fingerprint density at radius 2 is 1.59 bits per heavy atom. The Bertz CT molecular complexity index is 1230. The standard InChI is InChI=1S/C20H15N5O2/c26-19-17-18(22-20(27)25(19)13-15-9-5-2-6-10-15)24-23-16(21-17)12-11-14-7-3-1-4-8-14/h1-12H,13H2,(H,22,24,27)/b12-11+. The Balaban J connectivity index is 1.75. The first-order valence-electron chi connectivity index (χ1n) is 8.35. The predicted molar refractivity (Wildman–Crippen MR) is 103 cm³/mol. The Morgan fingerprint density at radius 1 is 0.889 bits per heavy atom. The molecule has 2 aromatic carbocycles. The molecule has 0 radical (unpaired) electrons. The lowest BCUT2D eigenvalue weighted by Gasteiger charge is -2.05. The summed E-state index contributed by atoms with van der Waals surface area (Å²) in [6.07, 6.45) is 3.50. The number of aromatic nitrogens is 5. The molecule has 0 unspecified atom stereocenters. The molecular formula is C20H15N5O2. The average Bonchev–Trinajstić information content (AvgIpc) is 2.71. The summed E-state index contributed by atoms with van der Waals surface area (Å²) < 4.78 is 1.11. The molecule has 0 amide bonds. The van der Waals surface area contributed by atoms with Crippen LogP contribution in [0.1, 0.15) is 17.0 Å². The van der Waals surface area contributed by atoms with Crippen LogP contribution in [0.25, 0.3) is 23.3 Å². The monoisotopic (exact) mass is 357 g/mol. The first kappa shape index (κ1) is 16.6. The minimum atomic E-state index is -0.542. The van der Waals surface area contributed by atoms with Gasteiger partial charge in [0.15, 0.2) is 17.0 Å². The molecule has 0 saturated heterocycles. The highest BCUT2D eigenvalue weighted by atomic mass is 16.2. The molecule has 4 rings (SSSR count). The summed E-state index contributed by atoms with van der Waals surface area (Å²) in [5, 5.41) is 7.88. The van der Waals surface area contributed by atoms with Gasteiger partial charge in [0.1, 0.15) is 0 Å². The van der Waals surface area contributed by atoms with Gasteiger partial charge in [-0.1, -0.05) is 66.7 Å². The Hall–Kier alpha value is -3.87. The van der Waals surface area contributed by atoms with Crippen molar-refractivity contribution in [3.05, 3.63) is 98.5 Å². The number of rotatable bonds is 4. The number of benzene rings is 2. The van der Waals surface area contributed by atoms with Crippen molar-refractivity contribution in [2.24, 2.45) is 0 Å². The summed E-state index contributed by atoms with van der Waals surface area (Å²) in [5.41, 5.74) is 0.932. The molecule has 0 aliphatic rings. The van der Waals surface area contributed by atoms with Gasteiger partial charge in [0.2, 0.25) is 0 Å². The fourth-order valence-corrected chi connectivity index (χ4v) is 2.68. The van der Waals surface area contributed by atoms with Gasteiger partial charge in [-0.3, -0.25) is 14.3 Å². The zero-order chi connectivity index (χ0) is 18.6. The van der Waals surface area contributed by atoms with Gasteiger partial charge in [-0.25, -0.2) is 9.78 Å². The number of fused-ring (bicyclic) bond motifs is 1. The van der Waals surface area contributed by atoms with Crippen molar-refractivity contribution < 1.29 is 0 Å². The highest BCUT2D eigenvalue weighted by Gasteiger charge is 2.11. The average molecular weight is 357 g/mol. The topological polar surface area (TPSA) is 93.5 Å². The van der Waals surface area contributed by atoms with Crippen molar-refractivity contribution in [1.29, 1.82) is 0 Å². The van der Waals surface area contributed by atoms with E-state index < -0.39 is 11.2 Å². The maximum absolute atomic E-state index is 12.8. The molecule has 0 aliphatic heterocycles. The first-order chi connectivity index (χ1) is 13.2. The Kier molecular flexibility index (Phi) is 4.40. The van der Waals surface area contributed by atoms with Crippen molar-refractivity contribution in [2.45, 2.75) is 6.54 Å². The minimum Gasteiger partial charge on any atom is -0.288 e. The molecule has 0 atom stereocenters. The maximum Gasteiger partial charge on any atom is 0.330 e. The molecule has 1 N–H and O–H groups in total. The second-order valence-corrected chi connectivity index (χ2v) is 5.92. The molecule has 27 heavy (non-hydrogen) atoms. The van der Waals surface area contributed by atoms with Crippen LogP contribution in [0.4, 0.5) is 0 Å². The fourth-order valence-electron chi connectivity index (χ4n) is 2.68. The van der Waals surface area contributed by atoms with E-state index in [0.29, 0.717) is 5.82 Å². The number of hydrogen-bond acceptors (Lipinski definition) is 5. The summed E-state index contributed by atoms with van der Waals surface area (Å²) in [7, 11) is 0. The molecule has 0 spiro atoms. The summed E-state index contributed by atoms with van der Waals surface area (Å²) >= 11 is 0. The van der Waals surface area contributed by atoms with Crippen molar-refractivity contribution in [3.8, 4) is 0 Å². The van der Waals surface area contributed by atoms with E-state index in [1.165, 1.54) is 0 Å². The number of aromatic amines is 1. The van der Waals surface area contributed by atoms with E-state index in [0.717, 1.165) is 15.7 Å². The molecular weight excluding hydrogens is 342 g/mol. The summed E-state index contributed by atoms with van der Waals surface area (Å²) in [4.78, 5) is 31.9. The molecule has 132 valence electrons. The Morgan fingerprint density at radius 3 is 2.33 bits per heavy atom. The molecule has 7 nitrogen and oxygen atoms in total. The molecule has 2 heterocycles. The summed E-state index contributed by atoms with van der Waals surface area (Å²) in [5.74, 6) is 0.293. The zero-order valence-corrected chi connectivity index (χ0v) is 14.2. The molecule has 2 aromatic heterocycles. The van der Waals surface area contributed by atoms with Gasteiger partial charge in [-0.2, -0.15) is 0 Å². The van der Waals surface area contributed by atoms with E-state index in [-0.39, 0.29) is 17.7 Å². The smallest absolute Gasteiger partial charge is 0.288 e. The second-order valence-electron chi connectivity index (χ2n) is 5.92. The van der Waals surface area contributed by atoms with Crippen LogP contribution in [-0.2, 0) is 6.54 Å². The third-order valence-electron chi connectivity index (χ3n) is 4.03. The maximum atomic E-state index is 12.8. The first-order valence-corrected chi connectivity index (χ1v) is 8.35. The lowest BCUT2D eigenvalue weighted by Crippen LogP contribution is -2.36. The molecule has 0 bridgehead atoms. The van der Waals surface area contributed by atoms with Crippen molar-refractivity contribution in [3.63, 3.8) is 0 Å². The normalized spacial score (nSPS) is 11.3. The van der Waals surface area contributed by atoms with Gasteiger partial charge < -0.3 is 0 Å². The highest BCUT2D eigenvalue weighted by Crippen LogP contribution is 2.06. The van der Waals surface area contributed by atoms with Crippen LogP contribution in [0.5, 0.6) is 0 Å². The SMILES string of the molecule is O=c1[nH]c2nnc(/C=C/c3ccccc3)nc2c(=O)n1Cc1ccccc1. The lowest BCUT2D eigenvalue weighted by atomic mass is 10.2. The third kappa shape index (κ3) is 3.57. The molecule has 0 saturated carbocycles. The number of H-pyrrole nitrogens is 1. The zero-order valence-electron chi connectivity index (χ0n) is 14.2. The van der Waals surface area contributed by atoms with E-state index in [1.807, 2.05) is 66.7 Å². The molecule has 7 heteroatoms. The number of nitrogens with one attached hydrogen (secondary N) is 1. The van der Waals surface area contributed by atoms with Crippen molar-refractivity contribution in [1.82, 2.24) is 24.7 Å². The van der Waals surface area contributed by atoms with Crippen LogP contribution in [-0.4, -0.2) is 24.7 Å². The highest BCUT2D eigenvalue weighted by molar-refractivity contribution is 5.71. The van der Waals surface area contributed by atoms with E-state index >= 15 is 0 Å². The van der Waals surface area contributed by atoms with E-state index in [1.54, 1.807) is 6.08 Å². The van der Waals surface area contributed by atoms with Crippen LogP contribution in [0.3, 0.4) is 0 Å². The van der Waals surface area contributed by atoms with Crippen LogP contribution in [0.2, 0.25) is 0 Å². The largest absolute Gasteiger partial charge is 0.330 e. The van der Waals surface area contributed by atoms with Crippen LogP contribution < -0.4 is 11.2 Å². The van der Waals surface area contributed by atoms with Gasteiger partial charge >= 0.3 is 5.69 Å². The Labute approximate surface area is 153 Å². The van der Waals surface area contributed by atoms with Crippen molar-refractivity contribution in [2.75, 3.05) is 0 Å². The van der Waals surface area contributed by atoms with E-state index in [9.17, 15) is 9.59 Å². The summed E-state index contributed by atoms with van der Waals surface area (Å²) in [6.45, 7) is 0.157. The number of nitrogens with zero attached hydrogens (tertiary/aromatic N) is 4. The number of hydrogen-bond donors (Lipinski definition) is 1. The van der Waals surface area contributed by atoms with Gasteiger partial charge in [0.25, 0.3) is 5.56 Å². The fraction of sp³-hybridized carbons (Fsp3) is 0.0500. The third-order valence-corrected chi connectivity index (χ3v) is 4.03. The van der Waals surface area contributed by atoms with Gasteiger partial charge in [0, 0.05) is 0 Å². The van der Waals surface area contributed by atoms with E-state index in [4.69, 9.17) is 0 Å². The van der Waals surface area contributed by atoms with E-state index in [2.05, 4.69) is 20.2 Å². The minimum absolute atomic E-state index is 0.0752.